The summed E-state index contributed by atoms with van der Waals surface area (Å²) in [6.45, 7) is 5.55. The van der Waals surface area contributed by atoms with E-state index in [-0.39, 0.29) is 0 Å². The van der Waals surface area contributed by atoms with Gasteiger partial charge in [-0.15, -0.1) is 0 Å². The number of rotatable bonds is 4. The van der Waals surface area contributed by atoms with Gasteiger partial charge in [0, 0.05) is 18.6 Å². The van der Waals surface area contributed by atoms with Gasteiger partial charge in [0.15, 0.2) is 0 Å². The third-order valence-electron chi connectivity index (χ3n) is 4.22. The number of hydrogen-bond acceptors (Lipinski definition) is 2. The summed E-state index contributed by atoms with van der Waals surface area (Å²) < 4.78 is 0. The number of nitrogens with zero attached hydrogens (tertiary/aromatic N) is 1. The largest absolute Gasteiger partial charge is 0.317 e. The maximum Gasteiger partial charge on any atom is 0.0233 e. The van der Waals surface area contributed by atoms with Crippen molar-refractivity contribution >= 4 is 0 Å². The van der Waals surface area contributed by atoms with Crippen molar-refractivity contribution in [3.63, 3.8) is 0 Å². The monoisotopic (exact) mass is 246 g/mol. The Morgan fingerprint density at radius 2 is 2.11 bits per heavy atom. The molecule has 0 saturated carbocycles. The smallest absolute Gasteiger partial charge is 0.0233 e. The van der Waals surface area contributed by atoms with Crippen LogP contribution in [0.2, 0.25) is 0 Å². The first-order chi connectivity index (χ1) is 8.60. The third kappa shape index (κ3) is 3.12. The molecule has 0 heterocycles. The summed E-state index contributed by atoms with van der Waals surface area (Å²) in [5.41, 5.74) is 4.56. The molecule has 0 saturated heterocycles. The molecule has 2 nitrogen and oxygen atoms in total. The van der Waals surface area contributed by atoms with E-state index >= 15 is 0 Å². The predicted octanol–water partition coefficient (Wildman–Crippen LogP) is 2.60. The molecule has 1 aromatic rings. The lowest BCUT2D eigenvalue weighted by atomic mass is 9.87. The van der Waals surface area contributed by atoms with E-state index in [1.807, 2.05) is 0 Å². The fourth-order valence-corrected chi connectivity index (χ4v) is 2.62. The van der Waals surface area contributed by atoms with Gasteiger partial charge in [-0.1, -0.05) is 18.2 Å². The van der Waals surface area contributed by atoms with Crippen LogP contribution in [-0.2, 0) is 19.4 Å². The van der Waals surface area contributed by atoms with Crippen LogP contribution in [0.15, 0.2) is 18.2 Å². The number of aryl methyl sites for hydroxylation is 1. The van der Waals surface area contributed by atoms with Crippen molar-refractivity contribution in [2.45, 2.75) is 51.7 Å². The standard InChI is InChI=1S/C16H26N2/c1-12(2)18(4)11-13-5-6-15-10-16(17-3)8-7-14(15)9-13/h5-6,9,12,16-17H,7-8,10-11H2,1-4H3. The molecule has 100 valence electrons. The zero-order chi connectivity index (χ0) is 13.1. The highest BCUT2D eigenvalue weighted by molar-refractivity contribution is 5.34. The van der Waals surface area contributed by atoms with Crippen LogP contribution in [0.5, 0.6) is 0 Å². The topological polar surface area (TPSA) is 15.3 Å². The summed E-state index contributed by atoms with van der Waals surface area (Å²) in [7, 11) is 4.27. The average Bonchev–Trinajstić information content (AvgIpc) is 2.37. The van der Waals surface area contributed by atoms with Crippen molar-refractivity contribution in [3.05, 3.63) is 34.9 Å². The molecule has 1 aliphatic carbocycles. The Morgan fingerprint density at radius 3 is 2.78 bits per heavy atom. The van der Waals surface area contributed by atoms with E-state index < -0.39 is 0 Å². The highest BCUT2D eigenvalue weighted by Crippen LogP contribution is 2.23. The van der Waals surface area contributed by atoms with E-state index in [0.717, 1.165) is 6.54 Å². The highest BCUT2D eigenvalue weighted by Gasteiger charge is 2.17. The lowest BCUT2D eigenvalue weighted by Crippen LogP contribution is -2.31. The maximum absolute atomic E-state index is 3.40. The van der Waals surface area contributed by atoms with Crippen molar-refractivity contribution in [2.75, 3.05) is 14.1 Å². The van der Waals surface area contributed by atoms with Crippen LogP contribution in [0.3, 0.4) is 0 Å². The minimum Gasteiger partial charge on any atom is -0.317 e. The first-order valence-electron chi connectivity index (χ1n) is 7.08. The van der Waals surface area contributed by atoms with Crippen LogP contribution in [0.25, 0.3) is 0 Å². The lowest BCUT2D eigenvalue weighted by molar-refractivity contribution is 0.265. The Hall–Kier alpha value is -0.860. The van der Waals surface area contributed by atoms with Crippen LogP contribution < -0.4 is 5.32 Å². The number of nitrogens with one attached hydrogen (secondary N) is 1. The molecular formula is C16H26N2. The molecule has 1 aliphatic rings. The zero-order valence-electron chi connectivity index (χ0n) is 12.2. The molecule has 0 amide bonds. The summed E-state index contributed by atoms with van der Waals surface area (Å²) in [5, 5.41) is 3.40. The molecule has 0 aromatic heterocycles. The van der Waals surface area contributed by atoms with Crippen LogP contribution in [0.1, 0.15) is 37.0 Å². The van der Waals surface area contributed by atoms with Crippen molar-refractivity contribution in [3.8, 4) is 0 Å². The van der Waals surface area contributed by atoms with Gasteiger partial charge in [0.25, 0.3) is 0 Å². The van der Waals surface area contributed by atoms with Gasteiger partial charge in [0.05, 0.1) is 0 Å². The Labute approximate surface area is 111 Å². The Bertz CT molecular complexity index is 398. The molecular weight excluding hydrogens is 220 g/mol. The normalized spacial score (nSPS) is 19.3. The second-order valence-electron chi connectivity index (χ2n) is 5.84. The molecule has 2 rings (SSSR count). The van der Waals surface area contributed by atoms with Gasteiger partial charge in [-0.2, -0.15) is 0 Å². The van der Waals surface area contributed by atoms with Crippen molar-refractivity contribution in [1.82, 2.24) is 10.2 Å². The number of fused-ring (bicyclic) bond motifs is 1. The van der Waals surface area contributed by atoms with E-state index in [2.05, 4.69) is 56.4 Å². The summed E-state index contributed by atoms with van der Waals surface area (Å²) in [6, 6.07) is 8.33. The lowest BCUT2D eigenvalue weighted by Gasteiger charge is -2.26. The summed E-state index contributed by atoms with van der Waals surface area (Å²) in [4.78, 5) is 2.39. The predicted molar refractivity (Wildman–Crippen MR) is 77.9 cm³/mol. The highest BCUT2D eigenvalue weighted by atomic mass is 15.1. The van der Waals surface area contributed by atoms with E-state index in [9.17, 15) is 0 Å². The number of benzene rings is 1. The first-order valence-corrected chi connectivity index (χ1v) is 7.08. The molecule has 18 heavy (non-hydrogen) atoms. The van der Waals surface area contributed by atoms with E-state index in [1.165, 1.54) is 30.4 Å². The van der Waals surface area contributed by atoms with Crippen LogP contribution >= 0.6 is 0 Å². The van der Waals surface area contributed by atoms with Crippen LogP contribution in [-0.4, -0.2) is 31.1 Å². The van der Waals surface area contributed by atoms with E-state index in [0.29, 0.717) is 12.1 Å². The summed E-state index contributed by atoms with van der Waals surface area (Å²) in [5.74, 6) is 0. The molecule has 0 radical (unpaired) electrons. The SMILES string of the molecule is CNC1CCc2cc(CN(C)C(C)C)ccc2C1. The zero-order valence-corrected chi connectivity index (χ0v) is 12.2. The Kier molecular flexibility index (Phi) is 4.41. The van der Waals surface area contributed by atoms with E-state index in [1.54, 1.807) is 5.56 Å². The van der Waals surface area contributed by atoms with Gasteiger partial charge in [0.1, 0.15) is 0 Å². The second-order valence-corrected chi connectivity index (χ2v) is 5.84. The molecule has 0 spiro atoms. The molecule has 1 atom stereocenters. The quantitative estimate of drug-likeness (QED) is 0.878. The second kappa shape index (κ2) is 5.85. The molecule has 2 heteroatoms. The van der Waals surface area contributed by atoms with Crippen LogP contribution in [0, 0.1) is 0 Å². The summed E-state index contributed by atoms with van der Waals surface area (Å²) >= 11 is 0. The van der Waals surface area contributed by atoms with Gasteiger partial charge in [-0.25, -0.2) is 0 Å². The fraction of sp³-hybridized carbons (Fsp3) is 0.625. The first kappa shape index (κ1) is 13.6. The average molecular weight is 246 g/mol. The molecule has 0 aliphatic heterocycles. The molecule has 1 aromatic carbocycles. The third-order valence-corrected chi connectivity index (χ3v) is 4.22. The molecule has 0 fully saturated rings. The Balaban J connectivity index is 2.09. The minimum atomic E-state index is 0.606. The minimum absolute atomic E-state index is 0.606. The summed E-state index contributed by atoms with van der Waals surface area (Å²) in [6.07, 6.45) is 3.68. The van der Waals surface area contributed by atoms with Gasteiger partial charge < -0.3 is 5.32 Å². The van der Waals surface area contributed by atoms with Gasteiger partial charge in [0.2, 0.25) is 0 Å². The van der Waals surface area contributed by atoms with Crippen molar-refractivity contribution in [2.24, 2.45) is 0 Å². The van der Waals surface area contributed by atoms with Crippen LogP contribution in [0.4, 0.5) is 0 Å². The van der Waals surface area contributed by atoms with Crippen molar-refractivity contribution < 1.29 is 0 Å². The fourth-order valence-electron chi connectivity index (χ4n) is 2.62. The Morgan fingerprint density at radius 1 is 1.33 bits per heavy atom. The van der Waals surface area contributed by atoms with E-state index in [4.69, 9.17) is 0 Å². The molecule has 0 bridgehead atoms. The molecule has 1 N–H and O–H groups in total. The number of hydrogen-bond donors (Lipinski definition) is 1. The number of likely N-dealkylation sites (N-methyl/N-ethyl adjacent to an activating group) is 1. The van der Waals surface area contributed by atoms with Gasteiger partial charge >= 0.3 is 0 Å². The van der Waals surface area contributed by atoms with Gasteiger partial charge in [-0.3, -0.25) is 4.90 Å². The maximum atomic E-state index is 3.40. The van der Waals surface area contributed by atoms with Crippen molar-refractivity contribution in [1.29, 1.82) is 0 Å². The molecule has 1 unspecified atom stereocenters. The van der Waals surface area contributed by atoms with Gasteiger partial charge in [-0.05, 0) is 63.9 Å².